The third-order valence-corrected chi connectivity index (χ3v) is 2.39. The number of aliphatic hydroxyl groups is 1. The molecule has 0 aromatic carbocycles. The van der Waals surface area contributed by atoms with Gasteiger partial charge in [0, 0.05) is 5.88 Å². The summed E-state index contributed by atoms with van der Waals surface area (Å²) in [6.45, 7) is 5.87. The Hall–Kier alpha value is -0.0100. The molecule has 0 fully saturated rings. The molecule has 1 nitrogen and oxygen atoms in total. The van der Waals surface area contributed by atoms with E-state index in [1.807, 2.05) is 6.08 Å². The Morgan fingerprint density at radius 1 is 1.42 bits per heavy atom. The van der Waals surface area contributed by atoms with E-state index in [0.717, 1.165) is 19.3 Å². The van der Waals surface area contributed by atoms with E-state index in [9.17, 15) is 5.11 Å². The van der Waals surface area contributed by atoms with E-state index in [2.05, 4.69) is 13.5 Å². The van der Waals surface area contributed by atoms with E-state index in [1.54, 1.807) is 0 Å². The van der Waals surface area contributed by atoms with Crippen LogP contribution in [0.15, 0.2) is 12.7 Å². The van der Waals surface area contributed by atoms with Gasteiger partial charge in [0.25, 0.3) is 0 Å². The van der Waals surface area contributed by atoms with E-state index in [0.29, 0.717) is 11.8 Å². The standard InChI is InChI=1S/C10H19ClO/c1-3-4-5-9(2)6-7-10(12)8-11/h3,9-10,12H,1,4-8H2,2H3/t9?,10-/m0/s1. The van der Waals surface area contributed by atoms with Crippen molar-refractivity contribution in [1.29, 1.82) is 0 Å². The van der Waals surface area contributed by atoms with Crippen LogP contribution < -0.4 is 0 Å². The summed E-state index contributed by atoms with van der Waals surface area (Å²) >= 11 is 5.47. The molecule has 0 spiro atoms. The molecule has 0 aliphatic rings. The molecule has 1 unspecified atom stereocenters. The first-order valence-electron chi connectivity index (χ1n) is 4.55. The predicted octanol–water partition coefficient (Wildman–Crippen LogP) is 2.97. The highest BCUT2D eigenvalue weighted by molar-refractivity contribution is 6.18. The van der Waals surface area contributed by atoms with Crippen molar-refractivity contribution in [3.63, 3.8) is 0 Å². The molecule has 2 atom stereocenters. The highest BCUT2D eigenvalue weighted by Crippen LogP contribution is 2.14. The van der Waals surface area contributed by atoms with Gasteiger partial charge >= 0.3 is 0 Å². The van der Waals surface area contributed by atoms with E-state index >= 15 is 0 Å². The summed E-state index contributed by atoms with van der Waals surface area (Å²) in [5, 5.41) is 9.18. The molecule has 0 amide bonds. The maximum atomic E-state index is 9.18. The second kappa shape index (κ2) is 7.63. The molecule has 0 radical (unpaired) electrons. The molecule has 0 rings (SSSR count). The Morgan fingerprint density at radius 3 is 2.58 bits per heavy atom. The van der Waals surface area contributed by atoms with Gasteiger partial charge in [-0.2, -0.15) is 0 Å². The second-order valence-electron chi connectivity index (χ2n) is 3.36. The quantitative estimate of drug-likeness (QED) is 0.484. The molecule has 0 aliphatic heterocycles. The fourth-order valence-corrected chi connectivity index (χ4v) is 1.26. The molecule has 72 valence electrons. The molecule has 0 aliphatic carbocycles. The van der Waals surface area contributed by atoms with Crippen LogP contribution in [0.1, 0.15) is 32.6 Å². The van der Waals surface area contributed by atoms with Crippen LogP contribution in [-0.4, -0.2) is 17.1 Å². The lowest BCUT2D eigenvalue weighted by Crippen LogP contribution is -2.09. The molecule has 12 heavy (non-hydrogen) atoms. The van der Waals surface area contributed by atoms with Crippen LogP contribution in [0.4, 0.5) is 0 Å². The summed E-state index contributed by atoms with van der Waals surface area (Å²) in [6.07, 6.45) is 5.73. The highest BCUT2D eigenvalue weighted by Gasteiger charge is 2.05. The van der Waals surface area contributed by atoms with Gasteiger partial charge in [-0.15, -0.1) is 18.2 Å². The first-order chi connectivity index (χ1) is 5.70. The van der Waals surface area contributed by atoms with E-state index in [-0.39, 0.29) is 6.10 Å². The van der Waals surface area contributed by atoms with Crippen LogP contribution >= 0.6 is 11.6 Å². The smallest absolute Gasteiger partial charge is 0.0675 e. The normalized spacial score (nSPS) is 15.6. The first kappa shape index (κ1) is 12.0. The van der Waals surface area contributed by atoms with Gasteiger partial charge in [0.05, 0.1) is 6.10 Å². The Bertz CT molecular complexity index is 114. The van der Waals surface area contributed by atoms with Gasteiger partial charge < -0.3 is 5.11 Å². The molecular weight excluding hydrogens is 172 g/mol. The minimum absolute atomic E-state index is 0.321. The largest absolute Gasteiger partial charge is 0.392 e. The van der Waals surface area contributed by atoms with Crippen LogP contribution in [0.5, 0.6) is 0 Å². The third-order valence-electron chi connectivity index (χ3n) is 2.03. The van der Waals surface area contributed by atoms with Crippen molar-refractivity contribution in [2.45, 2.75) is 38.7 Å². The molecule has 0 saturated heterocycles. The van der Waals surface area contributed by atoms with Crippen molar-refractivity contribution in [3.05, 3.63) is 12.7 Å². The molecule has 1 N–H and O–H groups in total. The van der Waals surface area contributed by atoms with Crippen LogP contribution in [0.3, 0.4) is 0 Å². The van der Waals surface area contributed by atoms with Crippen LogP contribution in [0.25, 0.3) is 0 Å². The number of alkyl halides is 1. The SMILES string of the molecule is C=CCCC(C)CC[C@H](O)CCl. The average molecular weight is 191 g/mol. The average Bonchev–Trinajstić information content (AvgIpc) is 2.10. The van der Waals surface area contributed by atoms with Crippen molar-refractivity contribution in [3.8, 4) is 0 Å². The Kier molecular flexibility index (Phi) is 7.62. The third kappa shape index (κ3) is 6.68. The summed E-state index contributed by atoms with van der Waals surface area (Å²) < 4.78 is 0. The number of rotatable bonds is 7. The number of hydrogen-bond donors (Lipinski definition) is 1. The summed E-state index contributed by atoms with van der Waals surface area (Å²) in [4.78, 5) is 0. The van der Waals surface area contributed by atoms with Gasteiger partial charge in [0.1, 0.15) is 0 Å². The van der Waals surface area contributed by atoms with E-state index in [1.165, 1.54) is 6.42 Å². The molecule has 0 bridgehead atoms. The Labute approximate surface area is 80.4 Å². The fraction of sp³-hybridized carbons (Fsp3) is 0.800. The zero-order valence-electron chi connectivity index (χ0n) is 7.80. The Morgan fingerprint density at radius 2 is 2.08 bits per heavy atom. The van der Waals surface area contributed by atoms with E-state index in [4.69, 9.17) is 11.6 Å². The lowest BCUT2D eigenvalue weighted by atomic mass is 9.98. The molecule has 0 aromatic rings. The molecule has 0 aromatic heterocycles. The maximum Gasteiger partial charge on any atom is 0.0675 e. The van der Waals surface area contributed by atoms with Crippen molar-refractivity contribution in [2.24, 2.45) is 5.92 Å². The van der Waals surface area contributed by atoms with Crippen LogP contribution in [0.2, 0.25) is 0 Å². The summed E-state index contributed by atoms with van der Waals surface area (Å²) in [5.74, 6) is 1.02. The van der Waals surface area contributed by atoms with Gasteiger partial charge in [0.2, 0.25) is 0 Å². The first-order valence-corrected chi connectivity index (χ1v) is 5.09. The number of aliphatic hydroxyl groups excluding tert-OH is 1. The van der Waals surface area contributed by atoms with Gasteiger partial charge in [-0.25, -0.2) is 0 Å². The monoisotopic (exact) mass is 190 g/mol. The lowest BCUT2D eigenvalue weighted by Gasteiger charge is -2.11. The molecular formula is C10H19ClO. The minimum atomic E-state index is -0.321. The number of halogens is 1. The minimum Gasteiger partial charge on any atom is -0.392 e. The number of allylic oxidation sites excluding steroid dienone is 1. The number of hydrogen-bond acceptors (Lipinski definition) is 1. The maximum absolute atomic E-state index is 9.18. The summed E-state index contributed by atoms with van der Waals surface area (Å²) in [6, 6.07) is 0. The van der Waals surface area contributed by atoms with Gasteiger partial charge in [-0.05, 0) is 31.6 Å². The molecule has 0 heterocycles. The van der Waals surface area contributed by atoms with Crippen LogP contribution in [0, 0.1) is 5.92 Å². The zero-order chi connectivity index (χ0) is 9.40. The van der Waals surface area contributed by atoms with Gasteiger partial charge in [-0.1, -0.05) is 13.0 Å². The summed E-state index contributed by atoms with van der Waals surface area (Å²) in [5.41, 5.74) is 0. The Balaban J connectivity index is 3.29. The topological polar surface area (TPSA) is 20.2 Å². The molecule has 2 heteroatoms. The fourth-order valence-electron chi connectivity index (χ4n) is 1.10. The lowest BCUT2D eigenvalue weighted by molar-refractivity contribution is 0.177. The van der Waals surface area contributed by atoms with Gasteiger partial charge in [0.15, 0.2) is 0 Å². The van der Waals surface area contributed by atoms with Gasteiger partial charge in [-0.3, -0.25) is 0 Å². The second-order valence-corrected chi connectivity index (χ2v) is 3.67. The van der Waals surface area contributed by atoms with E-state index < -0.39 is 0 Å². The van der Waals surface area contributed by atoms with Crippen molar-refractivity contribution in [2.75, 3.05) is 5.88 Å². The van der Waals surface area contributed by atoms with Crippen LogP contribution in [-0.2, 0) is 0 Å². The summed E-state index contributed by atoms with van der Waals surface area (Å²) in [7, 11) is 0. The zero-order valence-corrected chi connectivity index (χ0v) is 8.56. The van der Waals surface area contributed by atoms with Crippen molar-refractivity contribution in [1.82, 2.24) is 0 Å². The van der Waals surface area contributed by atoms with Crippen molar-refractivity contribution < 1.29 is 5.11 Å². The van der Waals surface area contributed by atoms with Crippen molar-refractivity contribution >= 4 is 11.6 Å². The highest BCUT2D eigenvalue weighted by atomic mass is 35.5. The predicted molar refractivity (Wildman–Crippen MR) is 54.6 cm³/mol. The molecule has 0 saturated carbocycles.